The first kappa shape index (κ1) is 27.3. The zero-order chi connectivity index (χ0) is 27.0. The van der Waals surface area contributed by atoms with Gasteiger partial charge in [0.15, 0.2) is 11.6 Å². The maximum absolute atomic E-state index is 14.4. The van der Waals surface area contributed by atoms with E-state index in [2.05, 4.69) is 9.72 Å². The lowest BCUT2D eigenvalue weighted by atomic mass is 10.1. The molecule has 0 saturated heterocycles. The maximum atomic E-state index is 14.4. The van der Waals surface area contributed by atoms with Crippen LogP contribution in [-0.4, -0.2) is 36.8 Å². The number of ether oxygens (including phenoxy) is 1. The van der Waals surface area contributed by atoms with Crippen LogP contribution in [0.3, 0.4) is 0 Å². The molecule has 2 heterocycles. The van der Waals surface area contributed by atoms with Gasteiger partial charge in [-0.3, -0.25) is 4.98 Å². The molecule has 194 valence electrons. The molecule has 0 radical (unpaired) electrons. The highest BCUT2D eigenvalue weighted by atomic mass is 32.2. The summed E-state index contributed by atoms with van der Waals surface area (Å²) >= 11 is 0. The Morgan fingerprint density at radius 3 is 2.36 bits per heavy atom. The van der Waals surface area contributed by atoms with Crippen LogP contribution in [0.5, 0.6) is 5.75 Å². The van der Waals surface area contributed by atoms with Gasteiger partial charge in [0, 0.05) is 24.2 Å². The Kier molecular flexibility index (Phi) is 7.56. The minimum Gasteiger partial charge on any atom is -0.432 e. The summed E-state index contributed by atoms with van der Waals surface area (Å²) in [4.78, 5) is 3.48. The van der Waals surface area contributed by atoms with Crippen LogP contribution in [0.4, 0.5) is 26.3 Å². The largest absolute Gasteiger partial charge is 0.432 e. The molecule has 1 atom stereocenters. The Balaban J connectivity index is 2.17. The molecule has 1 unspecified atom stereocenters. The highest BCUT2D eigenvalue weighted by Crippen LogP contribution is 2.37. The smallest absolute Gasteiger partial charge is 0.404 e. The number of rotatable bonds is 8. The van der Waals surface area contributed by atoms with Crippen LogP contribution in [0, 0.1) is 23.1 Å². The van der Waals surface area contributed by atoms with E-state index in [-0.39, 0.29) is 40.3 Å². The van der Waals surface area contributed by atoms with E-state index in [4.69, 9.17) is 0 Å². The Bertz CT molecular complexity index is 1410. The molecule has 0 fully saturated rings. The summed E-state index contributed by atoms with van der Waals surface area (Å²) in [5, 5.41) is 9.90. The van der Waals surface area contributed by atoms with Gasteiger partial charge in [-0.15, -0.1) is 0 Å². The Morgan fingerprint density at radius 2 is 1.86 bits per heavy atom. The number of fused-ring (bicyclic) bond motifs is 1. The lowest BCUT2D eigenvalue weighted by molar-refractivity contribution is -0.147. The molecule has 0 saturated carbocycles. The molecule has 0 amide bonds. The minimum absolute atomic E-state index is 0.0388. The second-order valence-corrected chi connectivity index (χ2v) is 10.00. The third-order valence-corrected chi connectivity index (χ3v) is 6.63. The maximum Gasteiger partial charge on any atom is 0.404 e. The number of nitrogens with zero attached hydrogens (tertiary/aromatic N) is 3. The van der Waals surface area contributed by atoms with Gasteiger partial charge in [-0.05, 0) is 31.0 Å². The molecule has 7 nitrogen and oxygen atoms in total. The lowest BCUT2D eigenvalue weighted by Crippen LogP contribution is -2.42. The van der Waals surface area contributed by atoms with Crippen molar-refractivity contribution in [3.63, 3.8) is 0 Å². The summed E-state index contributed by atoms with van der Waals surface area (Å²) in [6.45, 7) is 1.26. The number of pyridine rings is 1. The topological polar surface area (TPSA) is 97.0 Å². The second-order valence-electron chi connectivity index (χ2n) is 8.28. The lowest BCUT2D eigenvalue weighted by Gasteiger charge is -2.17. The predicted molar refractivity (Wildman–Crippen MR) is 117 cm³/mol. The standard InChI is InChI=1S/C22H20F6N4O3S/c1-11(2)10-32-18-7-19(35-21(24)25)16(23)6-14(18)15(8-29)20(32)17-5-4-13(9-30-17)36(33,34)31-12(3)22(26,27)28/h4-7,9,11-12,21,31H,10H2,1-3H3. The summed E-state index contributed by atoms with van der Waals surface area (Å²) in [6, 6.07) is 3.70. The van der Waals surface area contributed by atoms with Crippen LogP contribution >= 0.6 is 0 Å². The van der Waals surface area contributed by atoms with E-state index in [1.165, 1.54) is 15.4 Å². The second kappa shape index (κ2) is 9.98. The Hall–Kier alpha value is -3.31. The van der Waals surface area contributed by atoms with Crippen molar-refractivity contribution >= 4 is 20.9 Å². The molecule has 2 aromatic heterocycles. The molecule has 0 aliphatic carbocycles. The fourth-order valence-corrected chi connectivity index (χ4v) is 4.69. The molecule has 3 rings (SSSR count). The van der Waals surface area contributed by atoms with E-state index in [1.807, 2.05) is 19.9 Å². The number of alkyl halides is 5. The van der Waals surface area contributed by atoms with Crippen molar-refractivity contribution in [1.29, 1.82) is 5.26 Å². The van der Waals surface area contributed by atoms with Gasteiger partial charge in [0.2, 0.25) is 10.0 Å². The molecular weight excluding hydrogens is 514 g/mol. The van der Waals surface area contributed by atoms with E-state index in [9.17, 15) is 40.0 Å². The number of hydrogen-bond donors (Lipinski definition) is 1. The van der Waals surface area contributed by atoms with Crippen LogP contribution < -0.4 is 9.46 Å². The van der Waals surface area contributed by atoms with Gasteiger partial charge in [0.25, 0.3) is 0 Å². The van der Waals surface area contributed by atoms with Gasteiger partial charge < -0.3 is 9.30 Å². The molecule has 1 aromatic carbocycles. The van der Waals surface area contributed by atoms with Crippen molar-refractivity contribution in [2.45, 2.75) is 51.0 Å². The Morgan fingerprint density at radius 1 is 1.19 bits per heavy atom. The van der Waals surface area contributed by atoms with Gasteiger partial charge in [0.05, 0.1) is 22.5 Å². The van der Waals surface area contributed by atoms with Crippen LogP contribution in [0.15, 0.2) is 35.4 Å². The fraction of sp³-hybridized carbons (Fsp3) is 0.364. The third kappa shape index (κ3) is 5.57. The van der Waals surface area contributed by atoms with Gasteiger partial charge in [0.1, 0.15) is 17.0 Å². The number of benzene rings is 1. The van der Waals surface area contributed by atoms with E-state index in [0.717, 1.165) is 24.4 Å². The zero-order valence-electron chi connectivity index (χ0n) is 19.1. The predicted octanol–water partition coefficient (Wildman–Crippen LogP) is 5.20. The number of hydrogen-bond acceptors (Lipinski definition) is 5. The first-order valence-corrected chi connectivity index (χ1v) is 11.9. The molecule has 0 aliphatic rings. The van der Waals surface area contributed by atoms with Crippen molar-refractivity contribution < 1.29 is 39.5 Å². The zero-order valence-corrected chi connectivity index (χ0v) is 19.9. The molecule has 14 heteroatoms. The van der Waals surface area contributed by atoms with Crippen LogP contribution in [0.25, 0.3) is 22.3 Å². The number of aromatic nitrogens is 2. The monoisotopic (exact) mass is 534 g/mol. The summed E-state index contributed by atoms with van der Waals surface area (Å²) in [5.41, 5.74) is 0.352. The molecule has 1 N–H and O–H groups in total. The van der Waals surface area contributed by atoms with E-state index < -0.39 is 45.3 Å². The summed E-state index contributed by atoms with van der Waals surface area (Å²) in [7, 11) is -4.58. The SMILES string of the molecule is CC(C)Cn1c(-c2ccc(S(=O)(=O)NC(C)C(F)(F)F)cn2)c(C#N)c2cc(F)c(OC(F)F)cc21. The van der Waals surface area contributed by atoms with Gasteiger partial charge in [-0.25, -0.2) is 12.8 Å². The minimum atomic E-state index is -4.80. The van der Waals surface area contributed by atoms with Crippen molar-refractivity contribution in [3.05, 3.63) is 41.8 Å². The molecule has 3 aromatic rings. The molecular formula is C22H20F6N4O3S. The first-order valence-electron chi connectivity index (χ1n) is 10.4. The van der Waals surface area contributed by atoms with Gasteiger partial charge in [-0.2, -0.15) is 31.9 Å². The normalized spacial score (nSPS) is 13.4. The van der Waals surface area contributed by atoms with Crippen molar-refractivity contribution in [3.8, 4) is 23.2 Å². The van der Waals surface area contributed by atoms with Crippen molar-refractivity contribution in [2.75, 3.05) is 0 Å². The van der Waals surface area contributed by atoms with E-state index in [1.54, 1.807) is 0 Å². The number of nitriles is 1. The highest BCUT2D eigenvalue weighted by molar-refractivity contribution is 7.89. The summed E-state index contributed by atoms with van der Waals surface area (Å²) in [6.07, 6.45) is -3.98. The molecule has 0 bridgehead atoms. The van der Waals surface area contributed by atoms with Crippen molar-refractivity contribution in [1.82, 2.24) is 14.3 Å². The summed E-state index contributed by atoms with van der Waals surface area (Å²) in [5.74, 6) is -1.88. The average molecular weight is 534 g/mol. The van der Waals surface area contributed by atoms with Crippen LogP contribution in [0.1, 0.15) is 26.3 Å². The molecule has 0 spiro atoms. The highest BCUT2D eigenvalue weighted by Gasteiger charge is 2.39. The number of nitrogens with one attached hydrogen (secondary N) is 1. The Labute approximate surface area is 202 Å². The first-order chi connectivity index (χ1) is 16.7. The average Bonchev–Trinajstić information content (AvgIpc) is 3.04. The van der Waals surface area contributed by atoms with E-state index >= 15 is 0 Å². The van der Waals surface area contributed by atoms with Gasteiger partial charge in [-0.1, -0.05) is 13.8 Å². The van der Waals surface area contributed by atoms with Crippen LogP contribution in [-0.2, 0) is 16.6 Å². The number of sulfonamides is 1. The number of halogens is 6. The quantitative estimate of drug-likeness (QED) is 0.401. The molecule has 0 aliphatic heterocycles. The van der Waals surface area contributed by atoms with Crippen molar-refractivity contribution in [2.24, 2.45) is 5.92 Å². The van der Waals surface area contributed by atoms with Crippen LogP contribution in [0.2, 0.25) is 0 Å². The molecule has 36 heavy (non-hydrogen) atoms. The fourth-order valence-electron chi connectivity index (χ4n) is 3.52. The van der Waals surface area contributed by atoms with Gasteiger partial charge >= 0.3 is 12.8 Å². The third-order valence-electron chi connectivity index (χ3n) is 5.10. The summed E-state index contributed by atoms with van der Waals surface area (Å²) < 4.78 is 110. The van der Waals surface area contributed by atoms with E-state index in [0.29, 0.717) is 6.92 Å².